The predicted molar refractivity (Wildman–Crippen MR) is 82.8 cm³/mol. The Bertz CT molecular complexity index is 758. The van der Waals surface area contributed by atoms with E-state index in [9.17, 15) is 22.8 Å². The second-order valence-corrected chi connectivity index (χ2v) is 4.86. The van der Waals surface area contributed by atoms with E-state index in [4.69, 9.17) is 0 Å². The van der Waals surface area contributed by atoms with Crippen LogP contribution in [0, 0.1) is 0 Å². The van der Waals surface area contributed by atoms with Gasteiger partial charge in [-0.1, -0.05) is 0 Å². The highest BCUT2D eigenvalue weighted by Crippen LogP contribution is 2.32. The molecular formula is C15H14F3N5O3. The molecule has 0 aliphatic carbocycles. The number of halogens is 3. The number of nitrogens with zero attached hydrogens (tertiary/aromatic N) is 3. The molecule has 0 bridgehead atoms. The Morgan fingerprint density at radius 3 is 2.38 bits per heavy atom. The lowest BCUT2D eigenvalue weighted by Gasteiger charge is -2.34. The van der Waals surface area contributed by atoms with E-state index in [1.54, 1.807) is 5.32 Å². The van der Waals surface area contributed by atoms with Crippen molar-refractivity contribution < 1.29 is 27.5 Å². The van der Waals surface area contributed by atoms with Crippen molar-refractivity contribution in [2.75, 3.05) is 11.9 Å². The van der Waals surface area contributed by atoms with Crippen LogP contribution in [0.15, 0.2) is 43.0 Å². The standard InChI is InChI=1S/C15H14F3N5O3/c1-2-26-12(25)14(15(16,17)18,23-13-20-7-4-8-21-13)22-11(24)10-5-3-6-19-9-10/h3-9H,2H2,1H3,(H,22,24)(H,20,21,23)/t14-/m0/s1. The van der Waals surface area contributed by atoms with Crippen LogP contribution in [0.3, 0.4) is 0 Å². The average molecular weight is 369 g/mol. The molecule has 0 aliphatic heterocycles. The van der Waals surface area contributed by atoms with Gasteiger partial charge < -0.3 is 15.4 Å². The van der Waals surface area contributed by atoms with Gasteiger partial charge in [0.15, 0.2) is 0 Å². The van der Waals surface area contributed by atoms with Crippen molar-refractivity contribution in [2.45, 2.75) is 18.8 Å². The Labute approximate surface area is 145 Å². The maximum absolute atomic E-state index is 13.9. The second-order valence-electron chi connectivity index (χ2n) is 4.86. The number of hydrogen-bond donors (Lipinski definition) is 2. The number of carbonyl (C=O) groups excluding carboxylic acids is 2. The zero-order valence-electron chi connectivity index (χ0n) is 13.4. The van der Waals surface area contributed by atoms with Crippen LogP contribution in [0.25, 0.3) is 0 Å². The minimum absolute atomic E-state index is 0.179. The molecule has 1 amide bonds. The molecule has 2 N–H and O–H groups in total. The van der Waals surface area contributed by atoms with Gasteiger partial charge in [-0.2, -0.15) is 13.2 Å². The van der Waals surface area contributed by atoms with Gasteiger partial charge in [0, 0.05) is 24.8 Å². The summed E-state index contributed by atoms with van der Waals surface area (Å²) in [6, 6.07) is 3.98. The number of carbonyl (C=O) groups is 2. The van der Waals surface area contributed by atoms with Crippen molar-refractivity contribution >= 4 is 17.8 Å². The molecule has 138 valence electrons. The number of nitrogens with one attached hydrogen (secondary N) is 2. The number of pyridine rings is 1. The smallest absolute Gasteiger partial charge is 0.442 e. The van der Waals surface area contributed by atoms with Gasteiger partial charge in [-0.15, -0.1) is 0 Å². The van der Waals surface area contributed by atoms with Crippen LogP contribution in [-0.2, 0) is 9.53 Å². The minimum Gasteiger partial charge on any atom is -0.463 e. The fourth-order valence-corrected chi connectivity index (χ4v) is 1.90. The fraction of sp³-hybridized carbons (Fsp3) is 0.267. The average Bonchev–Trinajstić information content (AvgIpc) is 2.62. The van der Waals surface area contributed by atoms with Crippen LogP contribution in [0.2, 0.25) is 0 Å². The van der Waals surface area contributed by atoms with E-state index < -0.39 is 29.7 Å². The van der Waals surface area contributed by atoms with Gasteiger partial charge in [-0.25, -0.2) is 14.8 Å². The van der Waals surface area contributed by atoms with Crippen molar-refractivity contribution in [1.82, 2.24) is 20.3 Å². The number of hydrogen-bond acceptors (Lipinski definition) is 7. The summed E-state index contributed by atoms with van der Waals surface area (Å²) in [6.45, 7) is 0.998. The third kappa shape index (κ3) is 4.05. The molecule has 0 radical (unpaired) electrons. The van der Waals surface area contributed by atoms with Crippen molar-refractivity contribution in [3.63, 3.8) is 0 Å². The number of alkyl halides is 3. The molecule has 2 aromatic heterocycles. The van der Waals surface area contributed by atoms with Crippen molar-refractivity contribution in [3.8, 4) is 0 Å². The summed E-state index contributed by atoms with van der Waals surface area (Å²) < 4.78 is 46.1. The zero-order chi connectivity index (χ0) is 19.2. The highest BCUT2D eigenvalue weighted by molar-refractivity contribution is 5.99. The molecule has 26 heavy (non-hydrogen) atoms. The van der Waals surface area contributed by atoms with E-state index in [2.05, 4.69) is 19.7 Å². The number of anilines is 1. The quantitative estimate of drug-likeness (QED) is 0.588. The molecule has 2 heterocycles. The van der Waals surface area contributed by atoms with Crippen molar-refractivity contribution in [2.24, 2.45) is 0 Å². The summed E-state index contributed by atoms with van der Waals surface area (Å²) >= 11 is 0. The number of aromatic nitrogens is 3. The van der Waals surface area contributed by atoms with Crippen LogP contribution < -0.4 is 10.6 Å². The highest BCUT2D eigenvalue weighted by atomic mass is 19.4. The lowest BCUT2D eigenvalue weighted by molar-refractivity contribution is -0.204. The third-order valence-corrected chi connectivity index (χ3v) is 3.10. The Morgan fingerprint density at radius 2 is 1.85 bits per heavy atom. The van der Waals surface area contributed by atoms with E-state index in [0.717, 1.165) is 6.20 Å². The van der Waals surface area contributed by atoms with E-state index in [0.29, 0.717) is 0 Å². The maximum atomic E-state index is 13.9. The summed E-state index contributed by atoms with van der Waals surface area (Å²) in [5, 5.41) is 3.49. The molecular weight excluding hydrogens is 355 g/mol. The first-order valence-electron chi connectivity index (χ1n) is 7.32. The van der Waals surface area contributed by atoms with Crippen LogP contribution in [-0.4, -0.2) is 45.3 Å². The van der Waals surface area contributed by atoms with E-state index >= 15 is 0 Å². The molecule has 0 spiro atoms. The lowest BCUT2D eigenvalue weighted by atomic mass is 10.1. The summed E-state index contributed by atoms with van der Waals surface area (Å²) in [5.74, 6) is -3.46. The van der Waals surface area contributed by atoms with Crippen LogP contribution in [0.5, 0.6) is 0 Å². The van der Waals surface area contributed by atoms with Crippen molar-refractivity contribution in [3.05, 3.63) is 48.5 Å². The molecule has 2 aromatic rings. The van der Waals surface area contributed by atoms with E-state index in [-0.39, 0.29) is 12.2 Å². The predicted octanol–water partition coefficient (Wildman–Crippen LogP) is 1.54. The molecule has 0 aliphatic rings. The van der Waals surface area contributed by atoms with Crippen molar-refractivity contribution in [1.29, 1.82) is 0 Å². The Kier molecular flexibility index (Phi) is 5.70. The largest absolute Gasteiger partial charge is 0.463 e. The molecule has 0 unspecified atom stereocenters. The first kappa shape index (κ1) is 19.1. The van der Waals surface area contributed by atoms with Gasteiger partial charge in [0.1, 0.15) is 0 Å². The molecule has 2 rings (SSSR count). The number of ether oxygens (including phenoxy) is 1. The van der Waals surface area contributed by atoms with E-state index in [1.807, 2.05) is 5.32 Å². The zero-order valence-corrected chi connectivity index (χ0v) is 13.4. The Morgan fingerprint density at radius 1 is 1.15 bits per heavy atom. The highest BCUT2D eigenvalue weighted by Gasteiger charge is 2.64. The summed E-state index contributed by atoms with van der Waals surface area (Å²) in [5.41, 5.74) is -3.77. The number of esters is 1. The molecule has 0 saturated heterocycles. The monoisotopic (exact) mass is 369 g/mol. The van der Waals surface area contributed by atoms with Gasteiger partial charge in [-0.3, -0.25) is 9.78 Å². The topological polar surface area (TPSA) is 106 Å². The number of amides is 1. The molecule has 8 nitrogen and oxygen atoms in total. The number of rotatable bonds is 6. The molecule has 0 fully saturated rings. The SMILES string of the molecule is CCOC(=O)[C@](NC(=O)c1cccnc1)(Nc1ncccn1)C(F)(F)F. The van der Waals surface area contributed by atoms with Gasteiger partial charge in [0.25, 0.3) is 5.91 Å². The fourth-order valence-electron chi connectivity index (χ4n) is 1.90. The molecule has 11 heteroatoms. The lowest BCUT2D eigenvalue weighted by Crippen LogP contribution is -2.69. The van der Waals surface area contributed by atoms with Crippen LogP contribution in [0.1, 0.15) is 17.3 Å². The van der Waals surface area contributed by atoms with Gasteiger partial charge in [-0.05, 0) is 25.1 Å². The molecule has 0 aromatic carbocycles. The third-order valence-electron chi connectivity index (χ3n) is 3.10. The maximum Gasteiger partial charge on any atom is 0.442 e. The molecule has 0 saturated carbocycles. The summed E-state index contributed by atoms with van der Waals surface area (Å²) in [7, 11) is 0. The van der Waals surface area contributed by atoms with Gasteiger partial charge in [0.2, 0.25) is 5.95 Å². The Balaban J connectivity index is 2.47. The summed E-state index contributed by atoms with van der Waals surface area (Å²) in [6.07, 6.45) is -0.527. The summed E-state index contributed by atoms with van der Waals surface area (Å²) in [4.78, 5) is 35.3. The van der Waals surface area contributed by atoms with E-state index in [1.165, 1.54) is 43.7 Å². The second kappa shape index (κ2) is 7.76. The first-order chi connectivity index (χ1) is 12.3. The van der Waals surface area contributed by atoms with Crippen LogP contribution >= 0.6 is 0 Å². The van der Waals surface area contributed by atoms with Gasteiger partial charge in [0.05, 0.1) is 12.2 Å². The minimum atomic E-state index is -5.27. The normalized spacial score (nSPS) is 13.4. The Hall–Kier alpha value is -3.24. The van der Waals surface area contributed by atoms with Crippen LogP contribution in [0.4, 0.5) is 19.1 Å². The van der Waals surface area contributed by atoms with Gasteiger partial charge >= 0.3 is 17.8 Å². The first-order valence-corrected chi connectivity index (χ1v) is 7.32. The molecule has 1 atom stereocenters.